The number of aliphatic hydroxyl groups excluding tert-OH is 1. The van der Waals surface area contributed by atoms with Gasteiger partial charge in [0.15, 0.2) is 6.29 Å². The molecule has 0 unspecified atom stereocenters. The van der Waals surface area contributed by atoms with Crippen LogP contribution < -0.4 is 0 Å². The molecule has 202 valence electrons. The summed E-state index contributed by atoms with van der Waals surface area (Å²) in [6.07, 6.45) is -12.1. The average Bonchev–Trinajstić information content (AvgIpc) is 3.27. The zero-order valence-corrected chi connectivity index (χ0v) is 20.1. The van der Waals surface area contributed by atoms with Gasteiger partial charge in [0.05, 0.1) is 23.8 Å². The second-order valence-corrected chi connectivity index (χ2v) is 9.58. The number of alkyl halides is 6. The van der Waals surface area contributed by atoms with Gasteiger partial charge in [-0.2, -0.15) is 26.3 Å². The summed E-state index contributed by atoms with van der Waals surface area (Å²) in [5.41, 5.74) is -1.35. The van der Waals surface area contributed by atoms with Crippen molar-refractivity contribution < 1.29 is 45.7 Å². The Bertz CT molecular complexity index is 1100. The number of aryl methyl sites for hydroxylation is 1. The van der Waals surface area contributed by atoms with Gasteiger partial charge < -0.3 is 19.5 Å². The second kappa shape index (κ2) is 10.3. The number of hydrogen-bond donors (Lipinski definition) is 1. The van der Waals surface area contributed by atoms with Crippen LogP contribution in [0, 0.1) is 18.8 Å². The van der Waals surface area contributed by atoms with Gasteiger partial charge in [-0.3, -0.25) is 4.79 Å². The smallest absolute Gasteiger partial charge is 0.387 e. The highest BCUT2D eigenvalue weighted by atomic mass is 19.4. The van der Waals surface area contributed by atoms with Crippen molar-refractivity contribution >= 4 is 5.91 Å². The predicted octanol–water partition coefficient (Wildman–Crippen LogP) is 5.32. The van der Waals surface area contributed by atoms with E-state index in [4.69, 9.17) is 9.47 Å². The third kappa shape index (κ3) is 5.78. The molecule has 4 rings (SSSR count). The number of likely N-dealkylation sites (tertiary alicyclic amines) is 1. The average molecular weight is 531 g/mol. The molecule has 2 aliphatic rings. The predicted molar refractivity (Wildman–Crippen MR) is 120 cm³/mol. The van der Waals surface area contributed by atoms with Gasteiger partial charge in [0.1, 0.15) is 6.61 Å². The first-order chi connectivity index (χ1) is 17.3. The quantitative estimate of drug-likeness (QED) is 0.531. The number of aliphatic hydroxyl groups is 1. The first kappa shape index (κ1) is 27.4. The fourth-order valence-corrected chi connectivity index (χ4v) is 5.26. The van der Waals surface area contributed by atoms with Crippen LogP contribution in [0.4, 0.5) is 26.3 Å². The summed E-state index contributed by atoms with van der Waals surface area (Å²) in [5, 5.41) is 9.30. The summed E-state index contributed by atoms with van der Waals surface area (Å²) < 4.78 is 92.3. The Hall–Kier alpha value is -2.63. The van der Waals surface area contributed by atoms with Gasteiger partial charge in [-0.15, -0.1) is 0 Å². The Labute approximate surface area is 210 Å². The molecule has 5 atom stereocenters. The van der Waals surface area contributed by atoms with Gasteiger partial charge in [0.25, 0.3) is 0 Å². The van der Waals surface area contributed by atoms with Crippen molar-refractivity contribution in [2.24, 2.45) is 11.8 Å². The summed E-state index contributed by atoms with van der Waals surface area (Å²) in [4.78, 5) is 13.7. The lowest BCUT2D eigenvalue weighted by molar-refractivity contribution is -0.217. The summed E-state index contributed by atoms with van der Waals surface area (Å²) >= 11 is 0. The minimum Gasteiger partial charge on any atom is -0.387 e. The third-order valence-electron chi connectivity index (χ3n) is 7.17. The second-order valence-electron chi connectivity index (χ2n) is 9.58. The maximum Gasteiger partial charge on any atom is 0.416 e. The normalized spacial score (nSPS) is 25.2. The van der Waals surface area contributed by atoms with E-state index in [2.05, 4.69) is 0 Å². The van der Waals surface area contributed by atoms with Gasteiger partial charge in [-0.25, -0.2) is 0 Å². The molecule has 0 spiro atoms. The van der Waals surface area contributed by atoms with Gasteiger partial charge in [0, 0.05) is 24.9 Å². The van der Waals surface area contributed by atoms with Gasteiger partial charge in [-0.05, 0) is 54.7 Å². The van der Waals surface area contributed by atoms with Crippen molar-refractivity contribution in [3.8, 4) is 0 Å². The van der Waals surface area contributed by atoms with Crippen molar-refractivity contribution in [3.05, 3.63) is 70.3 Å². The standard InChI is InChI=1S/C26H27F6NO4/c1-14-5-3-4-6-20(14)23-21-11-33(22(35)12-34)10-17(21)13-36-24(23)37-15(2)16-7-18(25(27,28)29)9-19(8-16)26(30,31)32/h3-9,15,17,21,23-24,34H,10-13H2,1-2H3/t15-,17+,21-,23+,24-/m1/s1. The lowest BCUT2D eigenvalue weighted by atomic mass is 9.76. The lowest BCUT2D eigenvalue weighted by Gasteiger charge is -2.41. The minimum absolute atomic E-state index is 0.0688. The number of carbonyl (C=O) groups is 1. The molecule has 0 bridgehead atoms. The van der Waals surface area contributed by atoms with Crippen molar-refractivity contribution in [2.75, 3.05) is 26.3 Å². The van der Waals surface area contributed by atoms with Crippen LogP contribution in [0.25, 0.3) is 0 Å². The first-order valence-corrected chi connectivity index (χ1v) is 11.8. The molecule has 0 aliphatic carbocycles. The molecule has 2 saturated heterocycles. The fourth-order valence-electron chi connectivity index (χ4n) is 5.26. The van der Waals surface area contributed by atoms with E-state index in [9.17, 15) is 36.2 Å². The molecule has 11 heteroatoms. The van der Waals surface area contributed by atoms with Crippen LogP contribution in [0.1, 0.15) is 46.8 Å². The van der Waals surface area contributed by atoms with E-state index in [1.807, 2.05) is 31.2 Å². The zero-order chi connectivity index (χ0) is 27.1. The molecule has 0 saturated carbocycles. The number of rotatable bonds is 5. The van der Waals surface area contributed by atoms with Crippen molar-refractivity contribution in [1.82, 2.24) is 4.90 Å². The SMILES string of the molecule is Cc1ccccc1[C@@H]1[C@@H](O[C@H](C)c2cc(C(F)(F)F)cc(C(F)(F)F)c2)OC[C@@H]2CN(C(=O)CO)C[C@H]21. The highest BCUT2D eigenvalue weighted by Crippen LogP contribution is 2.46. The Morgan fingerprint density at radius 3 is 2.27 bits per heavy atom. The molecule has 5 nitrogen and oxygen atoms in total. The molecular weight excluding hydrogens is 504 g/mol. The number of nitrogens with zero attached hydrogens (tertiary/aromatic N) is 1. The van der Waals surface area contributed by atoms with E-state index in [1.54, 1.807) is 0 Å². The molecule has 0 aromatic heterocycles. The molecule has 0 radical (unpaired) electrons. The van der Waals surface area contributed by atoms with E-state index in [0.29, 0.717) is 25.2 Å². The number of hydrogen-bond acceptors (Lipinski definition) is 4. The highest BCUT2D eigenvalue weighted by Gasteiger charge is 2.48. The van der Waals surface area contributed by atoms with Crippen LogP contribution >= 0.6 is 0 Å². The zero-order valence-electron chi connectivity index (χ0n) is 20.1. The molecule has 1 N–H and O–H groups in total. The van der Waals surface area contributed by atoms with E-state index < -0.39 is 54.3 Å². The van der Waals surface area contributed by atoms with E-state index in [0.717, 1.165) is 11.1 Å². The van der Waals surface area contributed by atoms with E-state index >= 15 is 0 Å². The monoisotopic (exact) mass is 531 g/mol. The Kier molecular flexibility index (Phi) is 7.60. The minimum atomic E-state index is -4.97. The van der Waals surface area contributed by atoms with E-state index in [1.165, 1.54) is 11.8 Å². The van der Waals surface area contributed by atoms with Crippen molar-refractivity contribution in [3.63, 3.8) is 0 Å². The lowest BCUT2D eigenvalue weighted by Crippen LogP contribution is -2.42. The van der Waals surface area contributed by atoms with Crippen LogP contribution in [-0.4, -0.2) is 48.5 Å². The van der Waals surface area contributed by atoms with E-state index in [-0.39, 0.29) is 30.1 Å². The fraction of sp³-hybridized carbons (Fsp3) is 0.500. The van der Waals surface area contributed by atoms with Crippen LogP contribution in [0.2, 0.25) is 0 Å². The third-order valence-corrected chi connectivity index (χ3v) is 7.17. The Balaban J connectivity index is 1.67. The molecule has 2 fully saturated rings. The summed E-state index contributed by atoms with van der Waals surface area (Å²) in [6, 6.07) is 8.82. The topological polar surface area (TPSA) is 59.0 Å². The first-order valence-electron chi connectivity index (χ1n) is 11.8. The summed E-state index contributed by atoms with van der Waals surface area (Å²) in [6.45, 7) is 3.52. The Morgan fingerprint density at radius 2 is 1.70 bits per heavy atom. The highest BCUT2D eigenvalue weighted by molar-refractivity contribution is 5.77. The molecule has 2 aliphatic heterocycles. The molecule has 37 heavy (non-hydrogen) atoms. The number of halogens is 6. The number of carbonyl (C=O) groups excluding carboxylic acids is 1. The molecule has 2 heterocycles. The largest absolute Gasteiger partial charge is 0.416 e. The molecular formula is C26H27F6NO4. The van der Waals surface area contributed by atoms with Crippen molar-refractivity contribution in [2.45, 2.75) is 44.5 Å². The van der Waals surface area contributed by atoms with Gasteiger partial charge in [0.2, 0.25) is 5.91 Å². The molecule has 2 aromatic carbocycles. The number of benzene rings is 2. The van der Waals surface area contributed by atoms with Crippen LogP contribution in [0.15, 0.2) is 42.5 Å². The molecule has 2 aromatic rings. The van der Waals surface area contributed by atoms with Crippen LogP contribution in [0.3, 0.4) is 0 Å². The summed E-state index contributed by atoms with van der Waals surface area (Å²) in [7, 11) is 0. The van der Waals surface area contributed by atoms with Crippen molar-refractivity contribution in [1.29, 1.82) is 0 Å². The number of amides is 1. The molecule has 1 amide bonds. The maximum absolute atomic E-state index is 13.4. The van der Waals surface area contributed by atoms with Crippen LogP contribution in [0.5, 0.6) is 0 Å². The van der Waals surface area contributed by atoms with Crippen LogP contribution in [-0.2, 0) is 26.6 Å². The maximum atomic E-state index is 13.4. The number of fused-ring (bicyclic) bond motifs is 1. The Morgan fingerprint density at radius 1 is 1.08 bits per heavy atom. The summed E-state index contributed by atoms with van der Waals surface area (Å²) in [5.74, 6) is -1.07. The van der Waals surface area contributed by atoms with Gasteiger partial charge in [-0.1, -0.05) is 24.3 Å². The van der Waals surface area contributed by atoms with Gasteiger partial charge >= 0.3 is 12.4 Å². The number of ether oxygens (including phenoxy) is 2.